The molecule has 1 heterocycles. The molecule has 5 nitrogen and oxygen atoms in total. The fourth-order valence-corrected chi connectivity index (χ4v) is 2.38. The summed E-state index contributed by atoms with van der Waals surface area (Å²) in [5.41, 5.74) is 2.73. The Bertz CT molecular complexity index is 997. The Hall–Kier alpha value is -3.78. The third-order valence-electron chi connectivity index (χ3n) is 3.84. The molecule has 3 aromatic rings. The van der Waals surface area contributed by atoms with Gasteiger partial charge < -0.3 is 15.1 Å². The highest BCUT2D eigenvalue weighted by Gasteiger charge is 2.12. The average Bonchev–Trinajstić information content (AvgIpc) is 3.22. The quantitative estimate of drug-likeness (QED) is 0.700. The number of benzene rings is 2. The summed E-state index contributed by atoms with van der Waals surface area (Å²) in [6.07, 6.45) is 1.43. The number of furan rings is 1. The van der Waals surface area contributed by atoms with Crippen LogP contribution >= 0.6 is 0 Å². The second-order valence-corrected chi connectivity index (χ2v) is 5.81. The van der Waals surface area contributed by atoms with Gasteiger partial charge in [0, 0.05) is 16.8 Å². The van der Waals surface area contributed by atoms with Gasteiger partial charge in [0.1, 0.15) is 0 Å². The normalized spacial score (nSPS) is 9.81. The first-order valence-corrected chi connectivity index (χ1v) is 8.41. The summed E-state index contributed by atoms with van der Waals surface area (Å²) in [6, 6.07) is 17.9. The van der Waals surface area contributed by atoms with E-state index in [2.05, 4.69) is 22.5 Å². The van der Waals surface area contributed by atoms with E-state index in [1.165, 1.54) is 6.26 Å². The van der Waals surface area contributed by atoms with Gasteiger partial charge in [-0.25, -0.2) is 0 Å². The van der Waals surface area contributed by atoms with Gasteiger partial charge in [-0.15, -0.1) is 0 Å². The monoisotopic (exact) mass is 358 g/mol. The van der Waals surface area contributed by atoms with E-state index in [0.29, 0.717) is 11.3 Å². The smallest absolute Gasteiger partial charge is 0.291 e. The van der Waals surface area contributed by atoms with Crippen LogP contribution in [0, 0.1) is 18.8 Å². The maximum absolute atomic E-state index is 12.3. The molecule has 0 aliphatic rings. The van der Waals surface area contributed by atoms with Crippen molar-refractivity contribution in [2.24, 2.45) is 0 Å². The number of carbonyl (C=O) groups excluding carboxylic acids is 2. The minimum atomic E-state index is -0.366. The first-order chi connectivity index (χ1) is 13.1. The highest BCUT2D eigenvalue weighted by Crippen LogP contribution is 2.18. The summed E-state index contributed by atoms with van der Waals surface area (Å²) in [4.78, 5) is 24.5. The molecule has 5 heteroatoms. The number of carbonyl (C=O) groups is 2. The zero-order chi connectivity index (χ0) is 19.1. The molecule has 0 atom stereocenters. The van der Waals surface area contributed by atoms with Gasteiger partial charge in [0.2, 0.25) is 0 Å². The third-order valence-corrected chi connectivity index (χ3v) is 3.84. The summed E-state index contributed by atoms with van der Waals surface area (Å²) in [5, 5.41) is 5.51. The molecule has 2 aromatic carbocycles. The van der Waals surface area contributed by atoms with E-state index in [1.807, 2.05) is 37.3 Å². The van der Waals surface area contributed by atoms with E-state index in [4.69, 9.17) is 4.42 Å². The maximum Gasteiger partial charge on any atom is 0.291 e. The second kappa shape index (κ2) is 8.54. The molecule has 0 fully saturated rings. The lowest BCUT2D eigenvalue weighted by Crippen LogP contribution is -2.24. The first-order valence-electron chi connectivity index (χ1n) is 8.41. The largest absolute Gasteiger partial charge is 0.459 e. The molecule has 0 aliphatic heterocycles. The van der Waals surface area contributed by atoms with Crippen LogP contribution in [0.2, 0.25) is 0 Å². The average molecular weight is 358 g/mol. The zero-order valence-electron chi connectivity index (χ0n) is 14.8. The first kappa shape index (κ1) is 18.0. The molecule has 2 N–H and O–H groups in total. The predicted octanol–water partition coefficient (Wildman–Crippen LogP) is 3.62. The minimum Gasteiger partial charge on any atom is -0.459 e. The van der Waals surface area contributed by atoms with Crippen molar-refractivity contribution in [2.45, 2.75) is 6.92 Å². The van der Waals surface area contributed by atoms with E-state index in [-0.39, 0.29) is 24.1 Å². The van der Waals surface area contributed by atoms with Crippen LogP contribution in [-0.2, 0) is 0 Å². The Morgan fingerprint density at radius 2 is 1.81 bits per heavy atom. The topological polar surface area (TPSA) is 71.3 Å². The van der Waals surface area contributed by atoms with Gasteiger partial charge in [-0.1, -0.05) is 36.1 Å². The summed E-state index contributed by atoms with van der Waals surface area (Å²) in [5.74, 6) is 5.48. The summed E-state index contributed by atoms with van der Waals surface area (Å²) < 4.78 is 5.08. The Morgan fingerprint density at radius 1 is 1.00 bits per heavy atom. The molecule has 0 spiro atoms. The number of hydrogen-bond acceptors (Lipinski definition) is 3. The highest BCUT2D eigenvalue weighted by molar-refractivity contribution is 6.03. The van der Waals surface area contributed by atoms with E-state index in [1.54, 1.807) is 30.3 Å². The van der Waals surface area contributed by atoms with Crippen molar-refractivity contribution >= 4 is 17.5 Å². The Kier molecular flexibility index (Phi) is 5.70. The number of rotatable bonds is 4. The standard InChI is InChI=1S/C22H18N2O3/c1-16-11-12-18(15-19(16)24-22(26)20-10-6-14-27-20)21(25)23-13-5-9-17-7-3-2-4-8-17/h2-4,6-8,10-12,14-15H,13H2,1H3,(H,23,25)(H,24,26). The predicted molar refractivity (Wildman–Crippen MR) is 103 cm³/mol. The van der Waals surface area contributed by atoms with Gasteiger partial charge in [-0.3, -0.25) is 9.59 Å². The SMILES string of the molecule is Cc1ccc(C(=O)NCC#Cc2ccccc2)cc1NC(=O)c1ccco1. The van der Waals surface area contributed by atoms with Crippen molar-refractivity contribution in [1.82, 2.24) is 5.32 Å². The van der Waals surface area contributed by atoms with Crippen LogP contribution in [0.4, 0.5) is 5.69 Å². The summed E-state index contributed by atoms with van der Waals surface area (Å²) in [6.45, 7) is 2.08. The number of aryl methyl sites for hydroxylation is 1. The van der Waals surface area contributed by atoms with Crippen molar-refractivity contribution < 1.29 is 14.0 Å². The van der Waals surface area contributed by atoms with Crippen LogP contribution in [0.15, 0.2) is 71.3 Å². The van der Waals surface area contributed by atoms with Crippen LogP contribution in [0.5, 0.6) is 0 Å². The van der Waals surface area contributed by atoms with Crippen LogP contribution < -0.4 is 10.6 Å². The second-order valence-electron chi connectivity index (χ2n) is 5.81. The van der Waals surface area contributed by atoms with Crippen molar-refractivity contribution in [2.75, 3.05) is 11.9 Å². The van der Waals surface area contributed by atoms with Gasteiger partial charge in [-0.05, 0) is 48.9 Å². The maximum atomic E-state index is 12.3. The molecule has 0 unspecified atom stereocenters. The van der Waals surface area contributed by atoms with Crippen molar-refractivity contribution in [1.29, 1.82) is 0 Å². The molecule has 0 bridgehead atoms. The molecule has 1 aromatic heterocycles. The lowest BCUT2D eigenvalue weighted by atomic mass is 10.1. The third kappa shape index (κ3) is 4.86. The number of nitrogens with one attached hydrogen (secondary N) is 2. The molecule has 2 amide bonds. The number of hydrogen-bond donors (Lipinski definition) is 2. The van der Waals surface area contributed by atoms with Crippen molar-refractivity contribution in [3.8, 4) is 11.8 Å². The molecular weight excluding hydrogens is 340 g/mol. The molecule has 27 heavy (non-hydrogen) atoms. The van der Waals surface area contributed by atoms with Gasteiger partial charge in [-0.2, -0.15) is 0 Å². The number of anilines is 1. The fourth-order valence-electron chi connectivity index (χ4n) is 2.38. The highest BCUT2D eigenvalue weighted by atomic mass is 16.3. The molecule has 0 saturated heterocycles. The Labute approximate surface area is 157 Å². The van der Waals surface area contributed by atoms with E-state index < -0.39 is 0 Å². The van der Waals surface area contributed by atoms with Crippen LogP contribution in [0.3, 0.4) is 0 Å². The van der Waals surface area contributed by atoms with Gasteiger partial charge in [0.05, 0.1) is 12.8 Å². The molecule has 134 valence electrons. The molecule has 0 aliphatic carbocycles. The minimum absolute atomic E-state index is 0.209. The fraction of sp³-hybridized carbons (Fsp3) is 0.0909. The van der Waals surface area contributed by atoms with E-state index >= 15 is 0 Å². The molecule has 0 radical (unpaired) electrons. The molecule has 0 saturated carbocycles. The lowest BCUT2D eigenvalue weighted by Gasteiger charge is -2.09. The lowest BCUT2D eigenvalue weighted by molar-refractivity contribution is 0.0956. The molecule has 3 rings (SSSR count). The van der Waals surface area contributed by atoms with E-state index in [0.717, 1.165) is 11.1 Å². The van der Waals surface area contributed by atoms with Crippen LogP contribution in [0.25, 0.3) is 0 Å². The van der Waals surface area contributed by atoms with Gasteiger partial charge in [0.25, 0.3) is 11.8 Å². The van der Waals surface area contributed by atoms with Gasteiger partial charge >= 0.3 is 0 Å². The van der Waals surface area contributed by atoms with Crippen LogP contribution in [0.1, 0.15) is 32.0 Å². The zero-order valence-corrected chi connectivity index (χ0v) is 14.8. The Balaban J connectivity index is 1.63. The summed E-state index contributed by atoms with van der Waals surface area (Å²) in [7, 11) is 0. The number of amides is 2. The van der Waals surface area contributed by atoms with Crippen LogP contribution in [-0.4, -0.2) is 18.4 Å². The Morgan fingerprint density at radius 3 is 2.56 bits per heavy atom. The van der Waals surface area contributed by atoms with Crippen molar-refractivity contribution in [3.63, 3.8) is 0 Å². The molecular formula is C22H18N2O3. The summed E-state index contributed by atoms with van der Waals surface area (Å²) >= 11 is 0. The van der Waals surface area contributed by atoms with Gasteiger partial charge in [0.15, 0.2) is 5.76 Å². The van der Waals surface area contributed by atoms with Crippen molar-refractivity contribution in [3.05, 3.63) is 89.4 Å². The van der Waals surface area contributed by atoms with E-state index in [9.17, 15) is 9.59 Å².